The number of fused-ring (bicyclic) bond motifs is 3. The lowest BCUT2D eigenvalue weighted by Gasteiger charge is -2.16. The van der Waals surface area contributed by atoms with E-state index in [2.05, 4.69) is 5.32 Å². The molecule has 0 radical (unpaired) electrons. The van der Waals surface area contributed by atoms with Gasteiger partial charge >= 0.3 is 0 Å². The Morgan fingerprint density at radius 3 is 2.79 bits per heavy atom. The minimum absolute atomic E-state index is 0.0831. The monoisotopic (exact) mass is 495 g/mol. The summed E-state index contributed by atoms with van der Waals surface area (Å²) in [4.78, 5) is 33.5. The Kier molecular flexibility index (Phi) is 6.47. The maximum Gasteiger partial charge on any atom is 0.267 e. The van der Waals surface area contributed by atoms with Gasteiger partial charge in [0.05, 0.1) is 36.2 Å². The Hall–Kier alpha value is -3.04. The van der Waals surface area contributed by atoms with Gasteiger partial charge in [-0.15, -0.1) is 11.3 Å². The first kappa shape index (κ1) is 22.7. The molecule has 7 nitrogen and oxygen atoms in total. The molecule has 0 saturated carbocycles. The van der Waals surface area contributed by atoms with E-state index in [1.165, 1.54) is 16.6 Å². The predicted octanol–water partition coefficient (Wildman–Crippen LogP) is 4.72. The number of thioether (sulfide) groups is 1. The minimum atomic E-state index is -0.460. The second kappa shape index (κ2) is 9.68. The van der Waals surface area contributed by atoms with Crippen molar-refractivity contribution in [2.24, 2.45) is 0 Å². The molecule has 1 aliphatic rings. The quantitative estimate of drug-likeness (QED) is 0.295. The highest BCUT2D eigenvalue weighted by Gasteiger charge is 2.25. The summed E-state index contributed by atoms with van der Waals surface area (Å²) in [7, 11) is 1.61. The molecule has 0 saturated heterocycles. The van der Waals surface area contributed by atoms with Crippen molar-refractivity contribution in [3.63, 3.8) is 0 Å². The van der Waals surface area contributed by atoms with Crippen molar-refractivity contribution in [2.45, 2.75) is 49.6 Å². The van der Waals surface area contributed by atoms with Crippen LogP contribution in [-0.4, -0.2) is 27.8 Å². The van der Waals surface area contributed by atoms with Gasteiger partial charge in [-0.05, 0) is 74.6 Å². The second-order valence-electron chi connectivity index (χ2n) is 8.18. The van der Waals surface area contributed by atoms with Crippen LogP contribution < -0.4 is 15.6 Å². The average Bonchev–Trinajstić information content (AvgIpc) is 3.50. The summed E-state index contributed by atoms with van der Waals surface area (Å²) in [6.07, 6.45) is 5.71. The molecular formula is C25H25N3O4S2. The Balaban J connectivity index is 1.53. The van der Waals surface area contributed by atoms with Gasteiger partial charge < -0.3 is 14.5 Å². The first-order chi connectivity index (χ1) is 16.5. The number of aryl methyl sites for hydroxylation is 2. The Bertz CT molecular complexity index is 1370. The molecule has 1 N–H and O–H groups in total. The van der Waals surface area contributed by atoms with Crippen LogP contribution in [0.4, 0.5) is 0 Å². The summed E-state index contributed by atoms with van der Waals surface area (Å²) in [5, 5.41) is 3.65. The van der Waals surface area contributed by atoms with Crippen LogP contribution in [0.3, 0.4) is 0 Å². The number of ether oxygens (including phenoxy) is 1. The fourth-order valence-corrected chi connectivity index (χ4v) is 6.42. The van der Waals surface area contributed by atoms with Crippen molar-refractivity contribution in [1.29, 1.82) is 0 Å². The molecule has 3 heterocycles. The number of nitrogens with zero attached hydrogens (tertiary/aromatic N) is 2. The number of carbonyl (C=O) groups is 1. The molecule has 3 aromatic heterocycles. The highest BCUT2D eigenvalue weighted by molar-refractivity contribution is 8.00. The number of methoxy groups -OCH3 is 1. The first-order valence-electron chi connectivity index (χ1n) is 11.2. The van der Waals surface area contributed by atoms with Crippen LogP contribution >= 0.6 is 23.1 Å². The van der Waals surface area contributed by atoms with Crippen LogP contribution in [0.15, 0.2) is 57.0 Å². The zero-order valence-corrected chi connectivity index (χ0v) is 20.6. The van der Waals surface area contributed by atoms with Crippen LogP contribution in [-0.2, 0) is 24.2 Å². The van der Waals surface area contributed by atoms with Gasteiger partial charge in [0.25, 0.3) is 5.56 Å². The number of benzene rings is 1. The van der Waals surface area contributed by atoms with E-state index in [0.29, 0.717) is 28.9 Å². The molecule has 176 valence electrons. The zero-order chi connectivity index (χ0) is 23.7. The fraction of sp³-hybridized carbons (Fsp3) is 0.320. The van der Waals surface area contributed by atoms with Crippen LogP contribution in [0.2, 0.25) is 0 Å². The van der Waals surface area contributed by atoms with E-state index in [9.17, 15) is 9.59 Å². The highest BCUT2D eigenvalue weighted by atomic mass is 32.2. The summed E-state index contributed by atoms with van der Waals surface area (Å²) in [5.74, 6) is 1.24. The molecule has 34 heavy (non-hydrogen) atoms. The zero-order valence-electron chi connectivity index (χ0n) is 19.0. The van der Waals surface area contributed by atoms with Gasteiger partial charge in [-0.3, -0.25) is 14.2 Å². The number of hydrogen-bond acceptors (Lipinski definition) is 7. The molecule has 1 aliphatic carbocycles. The largest absolute Gasteiger partial charge is 0.497 e. The minimum Gasteiger partial charge on any atom is -0.497 e. The molecule has 4 aromatic rings. The smallest absolute Gasteiger partial charge is 0.267 e. The first-order valence-corrected chi connectivity index (χ1v) is 12.9. The number of hydrogen-bond donors (Lipinski definition) is 1. The lowest BCUT2D eigenvalue weighted by atomic mass is 9.97. The van der Waals surface area contributed by atoms with Gasteiger partial charge in [0.2, 0.25) is 5.91 Å². The molecule has 1 aromatic carbocycles. The van der Waals surface area contributed by atoms with Crippen LogP contribution in [0.25, 0.3) is 15.9 Å². The van der Waals surface area contributed by atoms with Crippen molar-refractivity contribution in [2.75, 3.05) is 7.11 Å². The van der Waals surface area contributed by atoms with Crippen LogP contribution in [0, 0.1) is 0 Å². The molecule has 0 spiro atoms. The van der Waals surface area contributed by atoms with Gasteiger partial charge in [0.1, 0.15) is 16.3 Å². The molecule has 5 rings (SSSR count). The number of amides is 1. The molecule has 0 bridgehead atoms. The molecule has 1 amide bonds. The molecule has 9 heteroatoms. The molecular weight excluding hydrogens is 470 g/mol. The number of thiophene rings is 1. The molecule has 0 fully saturated rings. The third kappa shape index (κ3) is 4.37. The third-order valence-corrected chi connectivity index (χ3v) is 8.20. The van der Waals surface area contributed by atoms with E-state index in [0.717, 1.165) is 41.5 Å². The summed E-state index contributed by atoms with van der Waals surface area (Å²) in [5.41, 5.74) is 1.76. The lowest BCUT2D eigenvalue weighted by molar-refractivity contribution is -0.120. The number of nitrogens with one attached hydrogen (secondary N) is 1. The van der Waals surface area contributed by atoms with Gasteiger partial charge in [0, 0.05) is 4.88 Å². The normalized spacial score (nSPS) is 14.1. The van der Waals surface area contributed by atoms with Crippen molar-refractivity contribution >= 4 is 39.2 Å². The average molecular weight is 496 g/mol. The maximum absolute atomic E-state index is 13.8. The summed E-state index contributed by atoms with van der Waals surface area (Å²) < 4.78 is 12.2. The maximum atomic E-state index is 13.8. The predicted molar refractivity (Wildman–Crippen MR) is 134 cm³/mol. The number of carbonyl (C=O) groups excluding carboxylic acids is 1. The Morgan fingerprint density at radius 2 is 2.06 bits per heavy atom. The number of aromatic nitrogens is 2. The number of rotatable bonds is 7. The van der Waals surface area contributed by atoms with Crippen LogP contribution in [0.5, 0.6) is 5.75 Å². The van der Waals surface area contributed by atoms with Crippen molar-refractivity contribution in [3.05, 3.63) is 69.2 Å². The summed E-state index contributed by atoms with van der Waals surface area (Å²) in [6, 6.07) is 10.9. The van der Waals surface area contributed by atoms with E-state index < -0.39 is 5.25 Å². The molecule has 0 aliphatic heterocycles. The molecule has 1 atom stereocenters. The summed E-state index contributed by atoms with van der Waals surface area (Å²) in [6.45, 7) is 2.13. The van der Waals surface area contributed by atoms with E-state index in [4.69, 9.17) is 14.1 Å². The van der Waals surface area contributed by atoms with Crippen molar-refractivity contribution in [1.82, 2.24) is 14.9 Å². The van der Waals surface area contributed by atoms with Gasteiger partial charge in [-0.1, -0.05) is 11.8 Å². The van der Waals surface area contributed by atoms with Gasteiger partial charge in [0.15, 0.2) is 5.16 Å². The van der Waals surface area contributed by atoms with Crippen LogP contribution in [0.1, 0.15) is 36.0 Å². The van der Waals surface area contributed by atoms with Gasteiger partial charge in [-0.25, -0.2) is 4.98 Å². The Labute approximate surface area is 205 Å². The standard InChI is InChI=1S/C25H25N3O4S2/c1-15(22(29)26-14-18-6-5-13-32-18)33-25-27-23-21(19-7-3-4-8-20(19)34-23)24(30)28(25)16-9-11-17(31-2)12-10-16/h5-6,9-13,15H,3-4,7-8,14H2,1-2H3,(H,26,29). The van der Waals surface area contributed by atoms with E-state index in [-0.39, 0.29) is 11.5 Å². The topological polar surface area (TPSA) is 86.4 Å². The molecule has 1 unspecified atom stereocenters. The SMILES string of the molecule is COc1ccc(-n2c(SC(C)C(=O)NCc3ccco3)nc3sc4c(c3c2=O)CCCC4)cc1. The number of furan rings is 1. The third-order valence-electron chi connectivity index (χ3n) is 5.96. The van der Waals surface area contributed by atoms with Gasteiger partial charge in [-0.2, -0.15) is 0 Å². The van der Waals surface area contributed by atoms with E-state index >= 15 is 0 Å². The van der Waals surface area contributed by atoms with E-state index in [1.54, 1.807) is 35.3 Å². The fourth-order valence-electron chi connectivity index (χ4n) is 4.17. The van der Waals surface area contributed by atoms with Crippen molar-refractivity contribution < 1.29 is 13.9 Å². The second-order valence-corrected chi connectivity index (χ2v) is 10.6. The van der Waals surface area contributed by atoms with E-state index in [1.807, 2.05) is 37.3 Å². The van der Waals surface area contributed by atoms with Crippen molar-refractivity contribution in [3.8, 4) is 11.4 Å². The lowest BCUT2D eigenvalue weighted by Crippen LogP contribution is -2.31. The summed E-state index contributed by atoms with van der Waals surface area (Å²) >= 11 is 2.89. The Morgan fingerprint density at radius 1 is 1.26 bits per heavy atom. The highest BCUT2D eigenvalue weighted by Crippen LogP contribution is 2.36.